The predicted octanol–water partition coefficient (Wildman–Crippen LogP) is 3.78. The second kappa shape index (κ2) is 7.13. The van der Waals surface area contributed by atoms with Gasteiger partial charge in [0, 0.05) is 11.1 Å². The molecule has 1 aliphatic rings. The summed E-state index contributed by atoms with van der Waals surface area (Å²) < 4.78 is 5.82. The SMILES string of the molecule is CC(CCCNC1CC1)OCc1ccccc1Cl. The highest BCUT2D eigenvalue weighted by Gasteiger charge is 2.19. The lowest BCUT2D eigenvalue weighted by molar-refractivity contribution is 0.0464. The van der Waals surface area contributed by atoms with Crippen LogP contribution in [0.15, 0.2) is 24.3 Å². The highest BCUT2D eigenvalue weighted by atomic mass is 35.5. The van der Waals surface area contributed by atoms with Gasteiger partial charge in [-0.2, -0.15) is 0 Å². The first-order chi connectivity index (χ1) is 8.75. The van der Waals surface area contributed by atoms with E-state index in [0.29, 0.717) is 12.7 Å². The quantitative estimate of drug-likeness (QED) is 0.724. The van der Waals surface area contributed by atoms with Gasteiger partial charge in [0.1, 0.15) is 0 Å². The molecule has 18 heavy (non-hydrogen) atoms. The van der Waals surface area contributed by atoms with Crippen LogP contribution in [0.1, 0.15) is 38.2 Å². The molecule has 0 saturated heterocycles. The van der Waals surface area contributed by atoms with E-state index in [1.54, 1.807) is 0 Å². The molecular formula is C15H22ClNO. The van der Waals surface area contributed by atoms with E-state index in [1.807, 2.05) is 24.3 Å². The minimum absolute atomic E-state index is 0.294. The van der Waals surface area contributed by atoms with E-state index in [4.69, 9.17) is 16.3 Å². The Morgan fingerprint density at radius 2 is 2.17 bits per heavy atom. The molecule has 0 heterocycles. The molecule has 1 fully saturated rings. The maximum Gasteiger partial charge on any atom is 0.0734 e. The van der Waals surface area contributed by atoms with Gasteiger partial charge in [-0.1, -0.05) is 29.8 Å². The van der Waals surface area contributed by atoms with Crippen LogP contribution < -0.4 is 5.32 Å². The van der Waals surface area contributed by atoms with E-state index >= 15 is 0 Å². The third kappa shape index (κ3) is 4.97. The van der Waals surface area contributed by atoms with Crippen LogP contribution >= 0.6 is 11.6 Å². The van der Waals surface area contributed by atoms with Gasteiger partial charge in [0.05, 0.1) is 12.7 Å². The number of nitrogens with one attached hydrogen (secondary N) is 1. The molecule has 1 N–H and O–H groups in total. The van der Waals surface area contributed by atoms with Crippen molar-refractivity contribution in [2.45, 2.75) is 51.4 Å². The molecule has 1 saturated carbocycles. The van der Waals surface area contributed by atoms with Gasteiger partial charge < -0.3 is 10.1 Å². The van der Waals surface area contributed by atoms with Crippen LogP contribution in [-0.2, 0) is 11.3 Å². The first-order valence-electron chi connectivity index (χ1n) is 6.84. The second-order valence-electron chi connectivity index (χ2n) is 5.08. The van der Waals surface area contributed by atoms with E-state index in [2.05, 4.69) is 12.2 Å². The molecule has 1 unspecified atom stereocenters. The maximum absolute atomic E-state index is 6.09. The average Bonchev–Trinajstić information content (AvgIpc) is 3.18. The van der Waals surface area contributed by atoms with Crippen molar-refractivity contribution in [3.05, 3.63) is 34.9 Å². The molecular weight excluding hydrogens is 246 g/mol. The van der Waals surface area contributed by atoms with Crippen molar-refractivity contribution in [3.8, 4) is 0 Å². The molecule has 1 aromatic rings. The molecule has 0 radical (unpaired) electrons. The smallest absolute Gasteiger partial charge is 0.0734 e. The third-order valence-corrected chi connectivity index (χ3v) is 3.65. The van der Waals surface area contributed by atoms with E-state index in [9.17, 15) is 0 Å². The summed E-state index contributed by atoms with van der Waals surface area (Å²) in [6, 6.07) is 8.67. The fourth-order valence-corrected chi connectivity index (χ4v) is 2.10. The monoisotopic (exact) mass is 267 g/mol. The van der Waals surface area contributed by atoms with E-state index in [0.717, 1.165) is 29.6 Å². The van der Waals surface area contributed by atoms with E-state index < -0.39 is 0 Å². The Kier molecular flexibility index (Phi) is 5.48. The molecule has 2 rings (SSSR count). The lowest BCUT2D eigenvalue weighted by Crippen LogP contribution is -2.19. The zero-order valence-electron chi connectivity index (χ0n) is 11.0. The van der Waals surface area contributed by atoms with Gasteiger partial charge in [0.15, 0.2) is 0 Å². The van der Waals surface area contributed by atoms with Crippen molar-refractivity contribution in [2.24, 2.45) is 0 Å². The normalized spacial score (nSPS) is 16.8. The van der Waals surface area contributed by atoms with Crippen molar-refractivity contribution in [1.29, 1.82) is 0 Å². The number of halogens is 1. The molecule has 2 nitrogen and oxygen atoms in total. The summed E-state index contributed by atoms with van der Waals surface area (Å²) in [4.78, 5) is 0. The van der Waals surface area contributed by atoms with Crippen molar-refractivity contribution < 1.29 is 4.74 Å². The zero-order valence-corrected chi connectivity index (χ0v) is 11.7. The Hall–Kier alpha value is -0.570. The standard InChI is InChI=1S/C15H22ClNO/c1-12(5-4-10-17-14-8-9-14)18-11-13-6-2-3-7-15(13)16/h2-3,6-7,12,14,17H,4-5,8-11H2,1H3. The minimum atomic E-state index is 0.294. The summed E-state index contributed by atoms with van der Waals surface area (Å²) in [6.45, 7) is 3.86. The molecule has 3 heteroatoms. The van der Waals surface area contributed by atoms with Crippen molar-refractivity contribution in [3.63, 3.8) is 0 Å². The molecule has 100 valence electrons. The van der Waals surface area contributed by atoms with Crippen LogP contribution in [0.4, 0.5) is 0 Å². The van der Waals surface area contributed by atoms with Crippen LogP contribution in [0.2, 0.25) is 5.02 Å². The lowest BCUT2D eigenvalue weighted by atomic mass is 10.2. The van der Waals surface area contributed by atoms with E-state index in [-0.39, 0.29) is 0 Å². The molecule has 0 bridgehead atoms. The number of ether oxygens (including phenoxy) is 1. The lowest BCUT2D eigenvalue weighted by Gasteiger charge is -2.14. The molecule has 1 aromatic carbocycles. The number of hydrogen-bond donors (Lipinski definition) is 1. The topological polar surface area (TPSA) is 21.3 Å². The summed E-state index contributed by atoms with van der Waals surface area (Å²) in [5.41, 5.74) is 1.07. The Bertz CT molecular complexity index is 365. The number of rotatable bonds is 8. The van der Waals surface area contributed by atoms with Crippen LogP contribution in [0.3, 0.4) is 0 Å². The number of benzene rings is 1. The Morgan fingerprint density at radius 3 is 2.89 bits per heavy atom. The summed E-state index contributed by atoms with van der Waals surface area (Å²) in [5.74, 6) is 0. The molecule has 0 aliphatic heterocycles. The molecule has 1 atom stereocenters. The van der Waals surface area contributed by atoms with Crippen LogP contribution in [0.5, 0.6) is 0 Å². The van der Waals surface area contributed by atoms with Gasteiger partial charge in [0.25, 0.3) is 0 Å². The summed E-state index contributed by atoms with van der Waals surface area (Å²) in [5, 5.41) is 4.31. The first-order valence-corrected chi connectivity index (χ1v) is 7.22. The Morgan fingerprint density at radius 1 is 1.39 bits per heavy atom. The molecule has 0 aromatic heterocycles. The van der Waals surface area contributed by atoms with Gasteiger partial charge >= 0.3 is 0 Å². The molecule has 0 spiro atoms. The largest absolute Gasteiger partial charge is 0.374 e. The van der Waals surface area contributed by atoms with E-state index in [1.165, 1.54) is 19.3 Å². The summed E-state index contributed by atoms with van der Waals surface area (Å²) in [7, 11) is 0. The molecule has 1 aliphatic carbocycles. The first kappa shape index (κ1) is 13.9. The fraction of sp³-hybridized carbons (Fsp3) is 0.600. The van der Waals surface area contributed by atoms with Crippen LogP contribution in [0, 0.1) is 0 Å². The molecule has 0 amide bonds. The second-order valence-corrected chi connectivity index (χ2v) is 5.49. The van der Waals surface area contributed by atoms with Crippen LogP contribution in [0.25, 0.3) is 0 Å². The van der Waals surface area contributed by atoms with Crippen molar-refractivity contribution in [2.75, 3.05) is 6.54 Å². The van der Waals surface area contributed by atoms with Crippen LogP contribution in [-0.4, -0.2) is 18.7 Å². The fourth-order valence-electron chi connectivity index (χ4n) is 1.91. The third-order valence-electron chi connectivity index (χ3n) is 3.28. The Balaban J connectivity index is 1.58. The zero-order chi connectivity index (χ0) is 12.8. The summed E-state index contributed by atoms with van der Waals surface area (Å²) in [6.07, 6.45) is 5.30. The highest BCUT2D eigenvalue weighted by molar-refractivity contribution is 6.31. The minimum Gasteiger partial charge on any atom is -0.374 e. The van der Waals surface area contributed by atoms with Gasteiger partial charge in [-0.25, -0.2) is 0 Å². The maximum atomic E-state index is 6.09. The Labute approximate surface area is 115 Å². The van der Waals surface area contributed by atoms with Gasteiger partial charge in [-0.15, -0.1) is 0 Å². The van der Waals surface area contributed by atoms with Crippen molar-refractivity contribution >= 4 is 11.6 Å². The van der Waals surface area contributed by atoms with Crippen molar-refractivity contribution in [1.82, 2.24) is 5.32 Å². The van der Waals surface area contributed by atoms with Gasteiger partial charge in [-0.05, 0) is 50.8 Å². The predicted molar refractivity (Wildman–Crippen MR) is 76.0 cm³/mol. The number of hydrogen-bond acceptors (Lipinski definition) is 2. The highest BCUT2D eigenvalue weighted by Crippen LogP contribution is 2.19. The average molecular weight is 268 g/mol. The van der Waals surface area contributed by atoms with Gasteiger partial charge in [0.2, 0.25) is 0 Å². The summed E-state index contributed by atoms with van der Waals surface area (Å²) >= 11 is 6.09. The van der Waals surface area contributed by atoms with Gasteiger partial charge in [-0.3, -0.25) is 0 Å².